The van der Waals surface area contributed by atoms with Crippen molar-refractivity contribution < 1.29 is 18.7 Å². The Morgan fingerprint density at radius 1 is 1.35 bits per heavy atom. The second kappa shape index (κ2) is 5.64. The van der Waals surface area contributed by atoms with E-state index in [0.717, 1.165) is 6.07 Å². The lowest BCUT2D eigenvalue weighted by molar-refractivity contribution is 0.0891. The van der Waals surface area contributed by atoms with Gasteiger partial charge in [-0.25, -0.2) is 9.37 Å². The molecule has 0 atom stereocenters. The van der Waals surface area contributed by atoms with Gasteiger partial charge in [0.05, 0.1) is 19.9 Å². The van der Waals surface area contributed by atoms with Crippen LogP contribution in [0.3, 0.4) is 0 Å². The van der Waals surface area contributed by atoms with Gasteiger partial charge in [0.1, 0.15) is 5.69 Å². The van der Waals surface area contributed by atoms with Crippen LogP contribution in [0.15, 0.2) is 30.7 Å². The highest BCUT2D eigenvalue weighted by atomic mass is 19.1. The topological polar surface area (TPSA) is 61.2 Å². The summed E-state index contributed by atoms with van der Waals surface area (Å²) >= 11 is 0. The van der Waals surface area contributed by atoms with E-state index in [1.54, 1.807) is 11.6 Å². The van der Waals surface area contributed by atoms with E-state index >= 15 is 0 Å². The van der Waals surface area contributed by atoms with E-state index in [2.05, 4.69) is 4.98 Å². The third-order valence-corrected chi connectivity index (χ3v) is 2.79. The fourth-order valence-electron chi connectivity index (χ4n) is 1.74. The van der Waals surface area contributed by atoms with Crippen LogP contribution in [0.1, 0.15) is 27.3 Å². The molecule has 104 valence electrons. The number of aryl methyl sites for hydroxylation is 1. The average Bonchev–Trinajstić information content (AvgIpc) is 2.85. The van der Waals surface area contributed by atoms with Gasteiger partial charge in [0.2, 0.25) is 0 Å². The number of carbonyl (C=O) groups is 2. The molecule has 0 fully saturated rings. The van der Waals surface area contributed by atoms with E-state index in [1.165, 1.54) is 31.8 Å². The first-order valence-corrected chi connectivity index (χ1v) is 5.89. The molecule has 1 heterocycles. The summed E-state index contributed by atoms with van der Waals surface area (Å²) < 4.78 is 19.9. The minimum atomic E-state index is -0.636. The summed E-state index contributed by atoms with van der Waals surface area (Å²) in [5.41, 5.74) is 0.349. The maximum atomic E-state index is 13.5. The van der Waals surface area contributed by atoms with E-state index in [-0.39, 0.29) is 23.4 Å². The molecule has 0 saturated carbocycles. The number of carbonyl (C=O) groups excluding carboxylic acids is 2. The van der Waals surface area contributed by atoms with Crippen molar-refractivity contribution in [3.8, 4) is 5.75 Å². The smallest absolute Gasteiger partial charge is 0.190 e. The zero-order chi connectivity index (χ0) is 14.7. The lowest BCUT2D eigenvalue weighted by Crippen LogP contribution is -2.09. The number of rotatable bonds is 5. The maximum Gasteiger partial charge on any atom is 0.190 e. The molecule has 6 heteroatoms. The molecule has 20 heavy (non-hydrogen) atoms. The minimum Gasteiger partial charge on any atom is -0.494 e. The molecule has 0 bridgehead atoms. The number of hydrogen-bond acceptors (Lipinski definition) is 4. The van der Waals surface area contributed by atoms with Gasteiger partial charge in [0.15, 0.2) is 23.1 Å². The molecule has 0 unspecified atom stereocenters. The van der Waals surface area contributed by atoms with Crippen LogP contribution in [-0.2, 0) is 7.05 Å². The average molecular weight is 276 g/mol. The molecule has 2 rings (SSSR count). The Morgan fingerprint density at radius 3 is 2.65 bits per heavy atom. The molecule has 0 N–H and O–H groups in total. The van der Waals surface area contributed by atoms with E-state index in [1.807, 2.05) is 0 Å². The van der Waals surface area contributed by atoms with Crippen LogP contribution in [0, 0.1) is 5.82 Å². The Kier molecular flexibility index (Phi) is 3.93. The van der Waals surface area contributed by atoms with Gasteiger partial charge in [-0.05, 0) is 18.2 Å². The summed E-state index contributed by atoms with van der Waals surface area (Å²) in [7, 11) is 3.06. The number of methoxy groups -OCH3 is 1. The second-order valence-electron chi connectivity index (χ2n) is 4.30. The highest BCUT2D eigenvalue weighted by Gasteiger charge is 2.17. The van der Waals surface area contributed by atoms with Crippen molar-refractivity contribution in [1.29, 1.82) is 0 Å². The van der Waals surface area contributed by atoms with E-state index < -0.39 is 17.4 Å². The summed E-state index contributed by atoms with van der Waals surface area (Å²) in [6.45, 7) is 0. The van der Waals surface area contributed by atoms with Crippen molar-refractivity contribution >= 4 is 11.6 Å². The van der Waals surface area contributed by atoms with Gasteiger partial charge in [-0.2, -0.15) is 0 Å². The Hall–Kier alpha value is -2.50. The molecule has 0 aliphatic carbocycles. The number of ketones is 2. The summed E-state index contributed by atoms with van der Waals surface area (Å²) in [5, 5.41) is 0. The van der Waals surface area contributed by atoms with Crippen LogP contribution < -0.4 is 4.74 Å². The Morgan fingerprint density at radius 2 is 2.10 bits per heavy atom. The normalized spacial score (nSPS) is 10.3. The van der Waals surface area contributed by atoms with Crippen LogP contribution in [0.25, 0.3) is 0 Å². The van der Waals surface area contributed by atoms with Crippen LogP contribution in [0.2, 0.25) is 0 Å². The first kappa shape index (κ1) is 13.9. The number of hydrogen-bond donors (Lipinski definition) is 0. The quantitative estimate of drug-likeness (QED) is 0.619. The van der Waals surface area contributed by atoms with Crippen molar-refractivity contribution in [2.75, 3.05) is 7.11 Å². The zero-order valence-electron chi connectivity index (χ0n) is 11.1. The van der Waals surface area contributed by atoms with E-state index in [4.69, 9.17) is 4.74 Å². The molecule has 0 aliphatic rings. The Balaban J connectivity index is 2.12. The number of ether oxygens (including phenoxy) is 1. The molecule has 0 radical (unpaired) electrons. The second-order valence-corrected chi connectivity index (χ2v) is 4.30. The standard InChI is InChI=1S/C14H13FN2O3/c1-17-7-11(16-8-17)13(19)6-12(18)9-3-4-14(20-2)10(15)5-9/h3-5,7-8H,6H2,1-2H3. The van der Waals surface area contributed by atoms with Gasteiger partial charge >= 0.3 is 0 Å². The molecule has 5 nitrogen and oxygen atoms in total. The largest absolute Gasteiger partial charge is 0.494 e. The van der Waals surface area contributed by atoms with E-state index in [0.29, 0.717) is 0 Å². The van der Waals surface area contributed by atoms with Gasteiger partial charge in [-0.15, -0.1) is 0 Å². The number of imidazole rings is 1. The summed E-state index contributed by atoms with van der Waals surface area (Å²) in [6, 6.07) is 3.84. The van der Waals surface area contributed by atoms with Crippen molar-refractivity contribution in [3.63, 3.8) is 0 Å². The molecular weight excluding hydrogens is 263 g/mol. The highest BCUT2D eigenvalue weighted by molar-refractivity contribution is 6.12. The number of nitrogens with zero attached hydrogens (tertiary/aromatic N) is 2. The van der Waals surface area contributed by atoms with Crippen molar-refractivity contribution in [2.45, 2.75) is 6.42 Å². The van der Waals surface area contributed by atoms with Crippen LogP contribution in [-0.4, -0.2) is 28.2 Å². The lowest BCUT2D eigenvalue weighted by Gasteiger charge is -2.04. The number of benzene rings is 1. The van der Waals surface area contributed by atoms with Gasteiger partial charge in [0.25, 0.3) is 0 Å². The predicted molar refractivity (Wildman–Crippen MR) is 69.4 cm³/mol. The van der Waals surface area contributed by atoms with Crippen LogP contribution in [0.5, 0.6) is 5.75 Å². The molecule has 2 aromatic rings. The minimum absolute atomic E-state index is 0.0533. The molecule has 1 aromatic carbocycles. The monoisotopic (exact) mass is 276 g/mol. The Bertz CT molecular complexity index is 664. The third kappa shape index (κ3) is 2.90. The summed E-state index contributed by atoms with van der Waals surface area (Å²) in [4.78, 5) is 27.6. The molecule has 0 amide bonds. The number of aromatic nitrogens is 2. The fraction of sp³-hybridized carbons (Fsp3) is 0.214. The zero-order valence-corrected chi connectivity index (χ0v) is 11.1. The van der Waals surface area contributed by atoms with Crippen molar-refractivity contribution in [2.24, 2.45) is 7.05 Å². The highest BCUT2D eigenvalue weighted by Crippen LogP contribution is 2.19. The van der Waals surface area contributed by atoms with Gasteiger partial charge < -0.3 is 9.30 Å². The molecular formula is C14H13FN2O3. The molecule has 0 spiro atoms. The first-order valence-electron chi connectivity index (χ1n) is 5.89. The third-order valence-electron chi connectivity index (χ3n) is 2.79. The number of Topliss-reactive ketones (excluding diaryl/α,β-unsaturated/α-hetero) is 2. The molecule has 0 saturated heterocycles. The predicted octanol–water partition coefficient (Wildman–Crippen LogP) is 2.02. The van der Waals surface area contributed by atoms with Crippen molar-refractivity contribution in [1.82, 2.24) is 9.55 Å². The van der Waals surface area contributed by atoms with Crippen LogP contribution in [0.4, 0.5) is 4.39 Å². The lowest BCUT2D eigenvalue weighted by atomic mass is 10.0. The molecule has 1 aromatic heterocycles. The SMILES string of the molecule is COc1ccc(C(=O)CC(=O)c2cn(C)cn2)cc1F. The Labute approximate surface area is 115 Å². The van der Waals surface area contributed by atoms with E-state index in [9.17, 15) is 14.0 Å². The first-order chi connectivity index (χ1) is 9.51. The summed E-state index contributed by atoms with van der Waals surface area (Å²) in [5.74, 6) is -1.43. The summed E-state index contributed by atoms with van der Waals surface area (Å²) in [6.07, 6.45) is 2.66. The van der Waals surface area contributed by atoms with Gasteiger partial charge in [0, 0.05) is 18.8 Å². The maximum absolute atomic E-state index is 13.5. The van der Waals surface area contributed by atoms with Crippen LogP contribution >= 0.6 is 0 Å². The van der Waals surface area contributed by atoms with Gasteiger partial charge in [-0.1, -0.05) is 0 Å². The number of halogens is 1. The van der Waals surface area contributed by atoms with Gasteiger partial charge in [-0.3, -0.25) is 9.59 Å². The molecule has 0 aliphatic heterocycles. The fourth-order valence-corrected chi connectivity index (χ4v) is 1.74. The van der Waals surface area contributed by atoms with Crippen molar-refractivity contribution in [3.05, 3.63) is 47.8 Å².